The minimum Gasteiger partial charge on any atom is -0.493 e. The zero-order chi connectivity index (χ0) is 9.83. The molecule has 1 aliphatic heterocycles. The zero-order valence-corrected chi connectivity index (χ0v) is 8.91. The molecule has 0 amide bonds. The highest BCUT2D eigenvalue weighted by Crippen LogP contribution is 2.53. The van der Waals surface area contributed by atoms with Crippen LogP contribution >= 0.6 is 0 Å². The minimum absolute atomic E-state index is 0.837. The fourth-order valence-electron chi connectivity index (χ4n) is 2.80. The molecule has 0 saturated heterocycles. The molecule has 0 radical (unpaired) electrons. The number of ether oxygens (including phenoxy) is 1. The van der Waals surface area contributed by atoms with E-state index in [-0.39, 0.29) is 0 Å². The molecule has 2 atom stereocenters. The molecule has 0 aromatic heterocycles. The molecule has 1 heteroatoms. The van der Waals surface area contributed by atoms with Crippen molar-refractivity contribution in [2.45, 2.75) is 31.6 Å². The van der Waals surface area contributed by atoms with Crippen molar-refractivity contribution < 1.29 is 4.74 Å². The Bertz CT molecular complexity index is 406. The Morgan fingerprint density at radius 3 is 3.07 bits per heavy atom. The van der Waals surface area contributed by atoms with E-state index in [2.05, 4.69) is 18.2 Å². The third-order valence-electron chi connectivity index (χ3n) is 4.07. The van der Waals surface area contributed by atoms with Gasteiger partial charge < -0.3 is 4.74 Å². The Morgan fingerprint density at radius 1 is 1.27 bits per heavy atom. The van der Waals surface area contributed by atoms with Crippen molar-refractivity contribution in [3.63, 3.8) is 0 Å². The SMILES string of the molecule is c1cc2c(cc1CC1CC1)OCC1CC21. The van der Waals surface area contributed by atoms with Gasteiger partial charge in [0, 0.05) is 5.92 Å². The second-order valence-corrected chi connectivity index (χ2v) is 5.43. The van der Waals surface area contributed by atoms with Gasteiger partial charge in [0.05, 0.1) is 6.61 Å². The average molecular weight is 200 g/mol. The highest BCUT2D eigenvalue weighted by molar-refractivity contribution is 5.44. The summed E-state index contributed by atoms with van der Waals surface area (Å²) in [4.78, 5) is 0. The van der Waals surface area contributed by atoms with Gasteiger partial charge in [-0.2, -0.15) is 0 Å². The zero-order valence-electron chi connectivity index (χ0n) is 8.91. The van der Waals surface area contributed by atoms with Crippen LogP contribution in [0.2, 0.25) is 0 Å². The van der Waals surface area contributed by atoms with Crippen LogP contribution in [-0.4, -0.2) is 6.61 Å². The lowest BCUT2D eigenvalue weighted by Gasteiger charge is -2.17. The highest BCUT2D eigenvalue weighted by atomic mass is 16.5. The van der Waals surface area contributed by atoms with Crippen molar-refractivity contribution in [1.82, 2.24) is 0 Å². The van der Waals surface area contributed by atoms with Crippen molar-refractivity contribution in [3.8, 4) is 5.75 Å². The molecule has 15 heavy (non-hydrogen) atoms. The van der Waals surface area contributed by atoms with Crippen LogP contribution in [0.3, 0.4) is 0 Å². The van der Waals surface area contributed by atoms with E-state index in [1.165, 1.54) is 42.6 Å². The van der Waals surface area contributed by atoms with Gasteiger partial charge in [-0.3, -0.25) is 0 Å². The maximum absolute atomic E-state index is 5.82. The lowest BCUT2D eigenvalue weighted by atomic mass is 10.0. The monoisotopic (exact) mass is 200 g/mol. The molecule has 2 unspecified atom stereocenters. The van der Waals surface area contributed by atoms with Crippen LogP contribution in [0.5, 0.6) is 5.75 Å². The highest BCUT2D eigenvalue weighted by Gasteiger charge is 2.43. The van der Waals surface area contributed by atoms with E-state index in [0.29, 0.717) is 0 Å². The molecule has 3 aliphatic rings. The first-order valence-corrected chi connectivity index (χ1v) is 6.16. The summed E-state index contributed by atoms with van der Waals surface area (Å²) in [7, 11) is 0. The van der Waals surface area contributed by atoms with Gasteiger partial charge in [0.25, 0.3) is 0 Å². The molecule has 1 heterocycles. The predicted molar refractivity (Wildman–Crippen MR) is 59.2 cm³/mol. The number of fused-ring (bicyclic) bond motifs is 3. The molecular formula is C14H16O. The number of rotatable bonds is 2. The summed E-state index contributed by atoms with van der Waals surface area (Å²) in [5.74, 6) is 3.84. The molecule has 1 nitrogen and oxygen atoms in total. The lowest BCUT2D eigenvalue weighted by molar-refractivity contribution is 0.279. The van der Waals surface area contributed by atoms with Gasteiger partial charge in [0.15, 0.2) is 0 Å². The Morgan fingerprint density at radius 2 is 2.20 bits per heavy atom. The molecule has 0 spiro atoms. The minimum atomic E-state index is 0.837. The molecule has 1 aromatic carbocycles. The van der Waals surface area contributed by atoms with Crippen molar-refractivity contribution >= 4 is 0 Å². The van der Waals surface area contributed by atoms with E-state index in [1.807, 2.05) is 0 Å². The standard InChI is InChI=1S/C14H16O/c1-2-9(1)5-10-3-4-12-13-7-11(13)8-15-14(12)6-10/h3-4,6,9,11,13H,1-2,5,7-8H2. The second-order valence-electron chi connectivity index (χ2n) is 5.43. The van der Waals surface area contributed by atoms with Crippen molar-refractivity contribution in [2.75, 3.05) is 6.61 Å². The number of hydrogen-bond acceptors (Lipinski definition) is 1. The predicted octanol–water partition coefficient (Wildman–Crippen LogP) is 3.14. The topological polar surface area (TPSA) is 9.23 Å². The van der Waals surface area contributed by atoms with Gasteiger partial charge in [-0.05, 0) is 54.7 Å². The maximum atomic E-state index is 5.82. The van der Waals surface area contributed by atoms with Crippen LogP contribution in [-0.2, 0) is 6.42 Å². The maximum Gasteiger partial charge on any atom is 0.123 e. The summed E-state index contributed by atoms with van der Waals surface area (Å²) in [6.45, 7) is 0.963. The van der Waals surface area contributed by atoms with Crippen LogP contribution in [0.25, 0.3) is 0 Å². The van der Waals surface area contributed by atoms with E-state index in [0.717, 1.165) is 24.4 Å². The van der Waals surface area contributed by atoms with Gasteiger partial charge in [0.2, 0.25) is 0 Å². The third kappa shape index (κ3) is 1.37. The van der Waals surface area contributed by atoms with Crippen molar-refractivity contribution in [1.29, 1.82) is 0 Å². The van der Waals surface area contributed by atoms with Crippen LogP contribution in [0.15, 0.2) is 18.2 Å². The Hall–Kier alpha value is -0.980. The van der Waals surface area contributed by atoms with E-state index in [1.54, 1.807) is 0 Å². The summed E-state index contributed by atoms with van der Waals surface area (Å²) < 4.78 is 5.82. The number of hydrogen-bond donors (Lipinski definition) is 0. The van der Waals surface area contributed by atoms with Crippen LogP contribution in [0.1, 0.15) is 36.3 Å². The average Bonchev–Trinajstić information content (AvgIpc) is 3.11. The largest absolute Gasteiger partial charge is 0.493 e. The normalized spacial score (nSPS) is 31.5. The second kappa shape index (κ2) is 2.78. The van der Waals surface area contributed by atoms with Gasteiger partial charge in [-0.15, -0.1) is 0 Å². The molecule has 1 aromatic rings. The molecule has 2 fully saturated rings. The van der Waals surface area contributed by atoms with E-state index >= 15 is 0 Å². The van der Waals surface area contributed by atoms with Gasteiger partial charge in [-0.25, -0.2) is 0 Å². The van der Waals surface area contributed by atoms with E-state index in [4.69, 9.17) is 4.74 Å². The Labute approximate surface area is 90.4 Å². The molecule has 78 valence electrons. The van der Waals surface area contributed by atoms with Crippen LogP contribution in [0, 0.1) is 11.8 Å². The van der Waals surface area contributed by atoms with Crippen LogP contribution in [0.4, 0.5) is 0 Å². The molecular weight excluding hydrogens is 184 g/mol. The summed E-state index contributed by atoms with van der Waals surface area (Å²) in [5.41, 5.74) is 2.96. The fourth-order valence-corrected chi connectivity index (χ4v) is 2.80. The lowest BCUT2D eigenvalue weighted by Crippen LogP contribution is -2.08. The Balaban J connectivity index is 1.66. The summed E-state index contributed by atoms with van der Waals surface area (Å²) >= 11 is 0. The Kier molecular flexibility index (Phi) is 1.52. The third-order valence-corrected chi connectivity index (χ3v) is 4.07. The molecule has 2 saturated carbocycles. The summed E-state index contributed by atoms with van der Waals surface area (Å²) in [5, 5.41) is 0. The van der Waals surface area contributed by atoms with Crippen molar-refractivity contribution in [3.05, 3.63) is 29.3 Å². The van der Waals surface area contributed by atoms with Crippen LogP contribution < -0.4 is 4.74 Å². The first-order chi connectivity index (χ1) is 7.40. The first-order valence-electron chi connectivity index (χ1n) is 6.16. The van der Waals surface area contributed by atoms with Gasteiger partial charge in [-0.1, -0.05) is 12.1 Å². The molecule has 0 bridgehead atoms. The van der Waals surface area contributed by atoms with Gasteiger partial charge >= 0.3 is 0 Å². The quantitative estimate of drug-likeness (QED) is 0.712. The van der Waals surface area contributed by atoms with Gasteiger partial charge in [0.1, 0.15) is 5.75 Å². The summed E-state index contributed by atoms with van der Waals surface area (Å²) in [6.07, 6.45) is 5.49. The number of benzene rings is 1. The summed E-state index contributed by atoms with van der Waals surface area (Å²) in [6, 6.07) is 6.93. The van der Waals surface area contributed by atoms with Crippen molar-refractivity contribution in [2.24, 2.45) is 11.8 Å². The van der Waals surface area contributed by atoms with E-state index < -0.39 is 0 Å². The molecule has 0 N–H and O–H groups in total. The molecule has 2 aliphatic carbocycles. The van der Waals surface area contributed by atoms with E-state index in [9.17, 15) is 0 Å². The molecule has 4 rings (SSSR count). The fraction of sp³-hybridized carbons (Fsp3) is 0.571. The smallest absolute Gasteiger partial charge is 0.123 e. The first kappa shape index (κ1) is 8.20.